The molecule has 0 aliphatic rings. The second kappa shape index (κ2) is 9.21. The van der Waals surface area contributed by atoms with Crippen LogP contribution < -0.4 is 5.32 Å². The highest BCUT2D eigenvalue weighted by Gasteiger charge is 2.15. The number of thioether (sulfide) groups is 1. The van der Waals surface area contributed by atoms with Crippen LogP contribution in [0, 0.1) is 30.9 Å². The van der Waals surface area contributed by atoms with Crippen molar-refractivity contribution in [1.29, 1.82) is 0 Å². The van der Waals surface area contributed by atoms with Gasteiger partial charge in [-0.15, -0.1) is 5.10 Å². The summed E-state index contributed by atoms with van der Waals surface area (Å²) in [6, 6.07) is 4.33. The molecule has 0 bridgehead atoms. The van der Waals surface area contributed by atoms with E-state index in [1.807, 2.05) is 13.8 Å². The molecule has 10 heteroatoms. The number of nitrogens with zero attached hydrogens (tertiary/aromatic N) is 5. The van der Waals surface area contributed by atoms with E-state index in [0.717, 1.165) is 30.7 Å². The fourth-order valence-electron chi connectivity index (χ4n) is 3.18. The van der Waals surface area contributed by atoms with Crippen molar-refractivity contribution >= 4 is 34.8 Å². The molecule has 0 atom stereocenters. The van der Waals surface area contributed by atoms with Gasteiger partial charge in [0.15, 0.2) is 0 Å². The molecule has 3 rings (SSSR count). The zero-order chi connectivity index (χ0) is 21.8. The van der Waals surface area contributed by atoms with E-state index in [9.17, 15) is 14.9 Å². The number of non-ortho nitro benzene ring substituents is 1. The Hall–Kier alpha value is -3.01. The SMILES string of the molecule is CCCCc1c(C)nc2nc(SCC(=O)Nc3ccc([N+](=O)[O-])cc3C)nn2c1C. The number of aryl methyl sites for hydroxylation is 3. The van der Waals surface area contributed by atoms with Gasteiger partial charge in [-0.3, -0.25) is 14.9 Å². The number of hydrogen-bond acceptors (Lipinski definition) is 7. The molecule has 1 aromatic carbocycles. The van der Waals surface area contributed by atoms with E-state index < -0.39 is 4.92 Å². The number of fused-ring (bicyclic) bond motifs is 1. The predicted molar refractivity (Wildman–Crippen MR) is 116 cm³/mol. The molecule has 1 N–H and O–H groups in total. The molecule has 3 aromatic rings. The largest absolute Gasteiger partial charge is 0.325 e. The average molecular weight is 429 g/mol. The summed E-state index contributed by atoms with van der Waals surface area (Å²) in [5.41, 5.74) is 4.34. The molecule has 0 aliphatic carbocycles. The molecule has 0 spiro atoms. The van der Waals surface area contributed by atoms with Gasteiger partial charge in [0, 0.05) is 29.2 Å². The van der Waals surface area contributed by atoms with Crippen LogP contribution in [0.4, 0.5) is 11.4 Å². The van der Waals surface area contributed by atoms with Crippen molar-refractivity contribution in [1.82, 2.24) is 19.6 Å². The van der Waals surface area contributed by atoms with Gasteiger partial charge in [0.05, 0.1) is 10.7 Å². The lowest BCUT2D eigenvalue weighted by molar-refractivity contribution is -0.384. The lowest BCUT2D eigenvalue weighted by Crippen LogP contribution is -2.15. The summed E-state index contributed by atoms with van der Waals surface area (Å²) < 4.78 is 1.73. The van der Waals surface area contributed by atoms with E-state index in [4.69, 9.17) is 0 Å². The molecule has 0 fully saturated rings. The maximum Gasteiger partial charge on any atom is 0.269 e. The quantitative estimate of drug-likeness (QED) is 0.327. The second-order valence-corrected chi connectivity index (χ2v) is 8.01. The van der Waals surface area contributed by atoms with Gasteiger partial charge in [-0.25, -0.2) is 9.50 Å². The molecular formula is C20H24N6O3S. The van der Waals surface area contributed by atoms with Gasteiger partial charge in [-0.05, 0) is 50.8 Å². The van der Waals surface area contributed by atoms with Gasteiger partial charge in [-0.2, -0.15) is 4.98 Å². The summed E-state index contributed by atoms with van der Waals surface area (Å²) in [6.45, 7) is 7.87. The van der Waals surface area contributed by atoms with Crippen molar-refractivity contribution in [2.75, 3.05) is 11.1 Å². The van der Waals surface area contributed by atoms with Gasteiger partial charge in [0.2, 0.25) is 11.1 Å². The fraction of sp³-hybridized carbons (Fsp3) is 0.400. The topological polar surface area (TPSA) is 115 Å². The Balaban J connectivity index is 1.69. The monoisotopic (exact) mass is 428 g/mol. The first kappa shape index (κ1) is 21.7. The highest BCUT2D eigenvalue weighted by Crippen LogP contribution is 2.23. The van der Waals surface area contributed by atoms with E-state index in [2.05, 4.69) is 27.3 Å². The Morgan fingerprint density at radius 1 is 1.27 bits per heavy atom. The van der Waals surface area contributed by atoms with Crippen LogP contribution >= 0.6 is 11.8 Å². The summed E-state index contributed by atoms with van der Waals surface area (Å²) in [6.07, 6.45) is 3.16. The lowest BCUT2D eigenvalue weighted by Gasteiger charge is -2.09. The Morgan fingerprint density at radius 2 is 2.03 bits per heavy atom. The third kappa shape index (κ3) is 4.76. The van der Waals surface area contributed by atoms with Crippen molar-refractivity contribution in [2.24, 2.45) is 0 Å². The third-order valence-electron chi connectivity index (χ3n) is 4.84. The molecule has 2 aromatic heterocycles. The number of amides is 1. The molecule has 0 saturated heterocycles. The maximum atomic E-state index is 12.3. The standard InChI is InChI=1S/C20H24N6O3S/c1-5-6-7-16-13(3)21-19-23-20(24-25(19)14(16)4)30-11-18(27)22-17-9-8-15(26(28)29)10-12(17)2/h8-10H,5-7,11H2,1-4H3,(H,22,27). The predicted octanol–water partition coefficient (Wildman–Crippen LogP) is 4.03. The Bertz CT molecular complexity index is 1110. The molecular weight excluding hydrogens is 404 g/mol. The Kier molecular flexibility index (Phi) is 6.66. The summed E-state index contributed by atoms with van der Waals surface area (Å²) in [5, 5.41) is 18.6. The number of nitro benzene ring substituents is 1. The number of aromatic nitrogens is 4. The maximum absolute atomic E-state index is 12.3. The van der Waals surface area contributed by atoms with Crippen LogP contribution in [-0.2, 0) is 11.2 Å². The number of unbranched alkanes of at least 4 members (excludes halogenated alkanes) is 1. The molecule has 1 amide bonds. The van der Waals surface area contributed by atoms with Crippen molar-refractivity contribution < 1.29 is 9.72 Å². The zero-order valence-electron chi connectivity index (χ0n) is 17.4. The summed E-state index contributed by atoms with van der Waals surface area (Å²) in [7, 11) is 0. The van der Waals surface area contributed by atoms with Gasteiger partial charge in [0.1, 0.15) is 0 Å². The van der Waals surface area contributed by atoms with E-state index >= 15 is 0 Å². The number of hydrogen-bond donors (Lipinski definition) is 1. The number of rotatable bonds is 8. The van der Waals surface area contributed by atoms with Crippen LogP contribution in [0.5, 0.6) is 0 Å². The first-order valence-electron chi connectivity index (χ1n) is 9.70. The molecule has 0 radical (unpaired) electrons. The van der Waals surface area contributed by atoms with Crippen molar-refractivity contribution in [3.63, 3.8) is 0 Å². The van der Waals surface area contributed by atoms with E-state index in [-0.39, 0.29) is 17.3 Å². The number of nitrogens with one attached hydrogen (secondary N) is 1. The Labute approximate surface area is 178 Å². The second-order valence-electron chi connectivity index (χ2n) is 7.06. The van der Waals surface area contributed by atoms with Gasteiger partial charge in [0.25, 0.3) is 11.5 Å². The van der Waals surface area contributed by atoms with E-state index in [0.29, 0.717) is 22.2 Å². The minimum atomic E-state index is -0.463. The minimum absolute atomic E-state index is 0.00903. The lowest BCUT2D eigenvalue weighted by atomic mass is 10.1. The van der Waals surface area contributed by atoms with Gasteiger partial charge < -0.3 is 5.32 Å². The minimum Gasteiger partial charge on any atom is -0.325 e. The van der Waals surface area contributed by atoms with Crippen molar-refractivity contribution in [2.45, 2.75) is 52.1 Å². The molecule has 0 aliphatic heterocycles. The van der Waals surface area contributed by atoms with Crippen LogP contribution in [0.1, 0.15) is 42.3 Å². The summed E-state index contributed by atoms with van der Waals surface area (Å²) >= 11 is 1.22. The van der Waals surface area contributed by atoms with Crippen LogP contribution in [0.3, 0.4) is 0 Å². The smallest absolute Gasteiger partial charge is 0.269 e. The Morgan fingerprint density at radius 3 is 2.70 bits per heavy atom. The number of nitro groups is 1. The van der Waals surface area contributed by atoms with Gasteiger partial charge >= 0.3 is 0 Å². The molecule has 158 valence electrons. The number of anilines is 1. The highest BCUT2D eigenvalue weighted by molar-refractivity contribution is 7.99. The molecule has 0 saturated carbocycles. The molecule has 9 nitrogen and oxygen atoms in total. The first-order chi connectivity index (χ1) is 14.3. The van der Waals surface area contributed by atoms with E-state index in [1.54, 1.807) is 11.4 Å². The van der Waals surface area contributed by atoms with Crippen molar-refractivity contribution in [3.05, 3.63) is 50.8 Å². The third-order valence-corrected chi connectivity index (χ3v) is 5.67. The fourth-order valence-corrected chi connectivity index (χ4v) is 3.80. The number of carbonyl (C=O) groups excluding carboxylic acids is 1. The average Bonchev–Trinajstić information content (AvgIpc) is 3.10. The molecule has 30 heavy (non-hydrogen) atoms. The van der Waals surface area contributed by atoms with Crippen LogP contribution in [-0.4, -0.2) is 36.2 Å². The van der Waals surface area contributed by atoms with Gasteiger partial charge in [-0.1, -0.05) is 25.1 Å². The number of carbonyl (C=O) groups is 1. The number of benzene rings is 1. The summed E-state index contributed by atoms with van der Waals surface area (Å²) in [4.78, 5) is 31.7. The zero-order valence-corrected chi connectivity index (χ0v) is 18.2. The molecule has 2 heterocycles. The highest BCUT2D eigenvalue weighted by atomic mass is 32.2. The van der Waals surface area contributed by atoms with Crippen LogP contribution in [0.2, 0.25) is 0 Å². The van der Waals surface area contributed by atoms with Crippen LogP contribution in [0.15, 0.2) is 23.4 Å². The van der Waals surface area contributed by atoms with Crippen molar-refractivity contribution in [3.8, 4) is 0 Å². The molecule has 0 unspecified atom stereocenters. The summed E-state index contributed by atoms with van der Waals surface area (Å²) in [5.74, 6) is 0.410. The first-order valence-corrected chi connectivity index (χ1v) is 10.7. The van der Waals surface area contributed by atoms with E-state index in [1.165, 1.54) is 35.5 Å². The van der Waals surface area contributed by atoms with Crippen LogP contribution in [0.25, 0.3) is 5.78 Å². The normalized spacial score (nSPS) is 11.1.